The predicted octanol–water partition coefficient (Wildman–Crippen LogP) is 15.6. The number of benzene rings is 9. The quantitative estimate of drug-likeness (QED) is 0.170. The fraction of sp³-hybridized carbons (Fsp3) is 0. The summed E-state index contributed by atoms with van der Waals surface area (Å²) in [5.74, 6) is 0. The molecule has 3 heteroatoms. The highest BCUT2D eigenvalue weighted by molar-refractivity contribution is 7.25. The van der Waals surface area contributed by atoms with Gasteiger partial charge in [0.2, 0.25) is 0 Å². The smallest absolute Gasteiger partial charge is 0.160 e. The van der Waals surface area contributed by atoms with Crippen LogP contribution in [0.2, 0.25) is 0 Å². The molecule has 258 valence electrons. The molecule has 0 fully saturated rings. The summed E-state index contributed by atoms with van der Waals surface area (Å²) in [6.07, 6.45) is 0. The van der Waals surface area contributed by atoms with E-state index in [0.29, 0.717) is 0 Å². The molecule has 0 radical (unpaired) electrons. The Morgan fingerprint density at radius 3 is 1.80 bits per heavy atom. The third-order valence-electron chi connectivity index (χ3n) is 10.9. The van der Waals surface area contributed by atoms with Crippen LogP contribution in [0.5, 0.6) is 0 Å². The highest BCUT2D eigenvalue weighted by atomic mass is 32.1. The Balaban J connectivity index is 1.11. The summed E-state index contributed by atoms with van der Waals surface area (Å²) in [5.41, 5.74) is 11.9. The molecule has 0 amide bonds. The molecule has 0 saturated carbocycles. The standard InChI is InChI=1S/C52H33NOS/c1-2-11-36(12-3-1)43-30-31-46-44-16-6-8-19-48(44)54-52(46)51(43)53(40-28-23-37(24-29-40)42-18-10-14-35-13-4-5-15-41(35)42)39-26-21-34(22-27-39)38-25-32-50-47(33-38)45-17-7-9-20-49(45)55-50/h1-33H. The average Bonchev–Trinajstić information content (AvgIpc) is 3.83. The van der Waals surface area contributed by atoms with Crippen molar-refractivity contribution in [1.82, 2.24) is 0 Å². The van der Waals surface area contributed by atoms with Gasteiger partial charge in [0, 0.05) is 47.9 Å². The first-order valence-corrected chi connectivity index (χ1v) is 19.5. The molecule has 0 aliphatic carbocycles. The summed E-state index contributed by atoms with van der Waals surface area (Å²) >= 11 is 1.85. The van der Waals surface area contributed by atoms with Crippen molar-refractivity contribution in [1.29, 1.82) is 0 Å². The van der Waals surface area contributed by atoms with Gasteiger partial charge in [0.05, 0.1) is 5.69 Å². The van der Waals surface area contributed by atoms with Crippen molar-refractivity contribution in [2.75, 3.05) is 4.90 Å². The summed E-state index contributed by atoms with van der Waals surface area (Å²) in [6.45, 7) is 0. The van der Waals surface area contributed by atoms with Crippen LogP contribution >= 0.6 is 11.3 Å². The molecule has 11 rings (SSSR count). The lowest BCUT2D eigenvalue weighted by molar-refractivity contribution is 0.669. The number of hydrogen-bond acceptors (Lipinski definition) is 3. The van der Waals surface area contributed by atoms with Gasteiger partial charge in [-0.25, -0.2) is 0 Å². The minimum absolute atomic E-state index is 0.861. The molecule has 0 bridgehead atoms. The van der Waals surface area contributed by atoms with Crippen molar-refractivity contribution in [2.24, 2.45) is 0 Å². The topological polar surface area (TPSA) is 16.4 Å². The zero-order valence-corrected chi connectivity index (χ0v) is 30.6. The van der Waals surface area contributed by atoms with Gasteiger partial charge in [0.25, 0.3) is 0 Å². The molecular weight excluding hydrogens is 687 g/mol. The van der Waals surface area contributed by atoms with Crippen molar-refractivity contribution < 1.29 is 4.42 Å². The van der Waals surface area contributed by atoms with Crippen molar-refractivity contribution in [3.05, 3.63) is 200 Å². The summed E-state index contributed by atoms with van der Waals surface area (Å²) < 4.78 is 9.46. The normalized spacial score (nSPS) is 11.6. The number of rotatable bonds is 6. The fourth-order valence-corrected chi connectivity index (χ4v) is 9.32. The van der Waals surface area contributed by atoms with Crippen molar-refractivity contribution >= 4 is 81.3 Å². The molecule has 0 atom stereocenters. The van der Waals surface area contributed by atoms with E-state index in [1.807, 2.05) is 17.4 Å². The van der Waals surface area contributed by atoms with E-state index in [1.54, 1.807) is 0 Å². The van der Waals surface area contributed by atoms with Crippen LogP contribution in [0.25, 0.3) is 86.3 Å². The molecule has 0 saturated heterocycles. The van der Waals surface area contributed by atoms with E-state index >= 15 is 0 Å². The van der Waals surface area contributed by atoms with Gasteiger partial charge >= 0.3 is 0 Å². The highest BCUT2D eigenvalue weighted by Gasteiger charge is 2.24. The van der Waals surface area contributed by atoms with Crippen LogP contribution in [0.15, 0.2) is 205 Å². The van der Waals surface area contributed by atoms with Crippen LogP contribution in [0.4, 0.5) is 17.1 Å². The molecule has 2 heterocycles. The Hall–Kier alpha value is -6.94. The minimum atomic E-state index is 0.861. The number of nitrogens with zero attached hydrogens (tertiary/aromatic N) is 1. The largest absolute Gasteiger partial charge is 0.454 e. The number of furan rings is 1. The van der Waals surface area contributed by atoms with Gasteiger partial charge in [-0.3, -0.25) is 0 Å². The second-order valence-corrected chi connectivity index (χ2v) is 15.2. The number of thiophene rings is 1. The lowest BCUT2D eigenvalue weighted by Crippen LogP contribution is -2.11. The monoisotopic (exact) mass is 719 g/mol. The summed E-state index contributed by atoms with van der Waals surface area (Å²) in [4.78, 5) is 2.37. The van der Waals surface area contributed by atoms with Crippen LogP contribution in [0.1, 0.15) is 0 Å². The number of hydrogen-bond donors (Lipinski definition) is 0. The van der Waals surface area contributed by atoms with Crippen LogP contribution < -0.4 is 4.90 Å². The molecule has 0 aliphatic rings. The molecule has 0 spiro atoms. The van der Waals surface area contributed by atoms with Crippen molar-refractivity contribution in [3.8, 4) is 33.4 Å². The lowest BCUT2D eigenvalue weighted by atomic mass is 9.97. The highest BCUT2D eigenvalue weighted by Crippen LogP contribution is 2.48. The van der Waals surface area contributed by atoms with E-state index in [2.05, 4.69) is 199 Å². The summed E-state index contributed by atoms with van der Waals surface area (Å²) in [5, 5.41) is 7.30. The minimum Gasteiger partial charge on any atom is -0.454 e. The second-order valence-electron chi connectivity index (χ2n) is 14.1. The van der Waals surface area contributed by atoms with Gasteiger partial charge in [0.1, 0.15) is 5.58 Å². The van der Waals surface area contributed by atoms with Gasteiger partial charge in [-0.05, 0) is 93.2 Å². The van der Waals surface area contributed by atoms with Gasteiger partial charge < -0.3 is 9.32 Å². The van der Waals surface area contributed by atoms with E-state index in [9.17, 15) is 0 Å². The van der Waals surface area contributed by atoms with Crippen molar-refractivity contribution in [2.45, 2.75) is 0 Å². The summed E-state index contributed by atoms with van der Waals surface area (Å²) in [7, 11) is 0. The van der Waals surface area contributed by atoms with Crippen LogP contribution in [-0.4, -0.2) is 0 Å². The van der Waals surface area contributed by atoms with Crippen LogP contribution in [0, 0.1) is 0 Å². The SMILES string of the molecule is c1ccc(-c2ccc3c(oc4ccccc43)c2N(c2ccc(-c3ccc4sc5ccccc5c4c3)cc2)c2ccc(-c3cccc4ccccc34)cc2)cc1. The van der Waals surface area contributed by atoms with Gasteiger partial charge in [-0.1, -0.05) is 146 Å². The Labute approximate surface area is 322 Å². The first kappa shape index (κ1) is 31.6. The zero-order valence-electron chi connectivity index (χ0n) is 29.8. The molecule has 2 nitrogen and oxygen atoms in total. The maximum Gasteiger partial charge on any atom is 0.160 e. The first-order chi connectivity index (χ1) is 27.3. The Morgan fingerprint density at radius 1 is 0.364 bits per heavy atom. The molecule has 0 unspecified atom stereocenters. The molecule has 11 aromatic rings. The molecule has 0 aliphatic heterocycles. The fourth-order valence-electron chi connectivity index (χ4n) is 8.23. The van der Waals surface area contributed by atoms with Gasteiger partial charge in [0.15, 0.2) is 5.58 Å². The summed E-state index contributed by atoms with van der Waals surface area (Å²) in [6, 6.07) is 72.1. The van der Waals surface area contributed by atoms with E-state index < -0.39 is 0 Å². The van der Waals surface area contributed by atoms with E-state index in [-0.39, 0.29) is 0 Å². The first-order valence-electron chi connectivity index (χ1n) is 18.7. The number of fused-ring (bicyclic) bond motifs is 7. The van der Waals surface area contributed by atoms with Crippen molar-refractivity contribution in [3.63, 3.8) is 0 Å². The average molecular weight is 720 g/mol. The third kappa shape index (κ3) is 5.32. The van der Waals surface area contributed by atoms with Gasteiger partial charge in [-0.2, -0.15) is 0 Å². The molecular formula is C52H33NOS. The number of para-hydroxylation sites is 1. The van der Waals surface area contributed by atoms with Crippen LogP contribution in [0.3, 0.4) is 0 Å². The molecule has 0 N–H and O–H groups in total. The Bertz CT molecular complexity index is 3190. The maximum absolute atomic E-state index is 6.83. The van der Waals surface area contributed by atoms with Gasteiger partial charge in [-0.15, -0.1) is 11.3 Å². The second kappa shape index (κ2) is 12.9. The predicted molar refractivity (Wildman–Crippen MR) is 235 cm³/mol. The maximum atomic E-state index is 6.83. The van der Waals surface area contributed by atoms with E-state index in [4.69, 9.17) is 4.42 Å². The molecule has 2 aromatic heterocycles. The third-order valence-corrected chi connectivity index (χ3v) is 12.0. The van der Waals surface area contributed by atoms with Crippen LogP contribution in [-0.2, 0) is 0 Å². The molecule has 9 aromatic carbocycles. The molecule has 55 heavy (non-hydrogen) atoms. The van der Waals surface area contributed by atoms with E-state index in [1.165, 1.54) is 53.2 Å². The zero-order chi connectivity index (χ0) is 36.3. The lowest BCUT2D eigenvalue weighted by Gasteiger charge is -2.28. The Kier molecular flexibility index (Phi) is 7.39. The Morgan fingerprint density at radius 2 is 0.982 bits per heavy atom. The number of anilines is 3. The van der Waals surface area contributed by atoms with E-state index in [0.717, 1.165) is 50.1 Å².